The molecule has 1 aliphatic rings. The highest BCUT2D eigenvalue weighted by molar-refractivity contribution is 8.13. The van der Waals surface area contributed by atoms with E-state index in [-0.39, 0.29) is 4.58 Å². The van der Waals surface area contributed by atoms with Crippen LogP contribution in [0.15, 0.2) is 47.4 Å². The second kappa shape index (κ2) is 4.57. The fraction of sp³-hybridized carbons (Fsp3) is 0.231. The molecule has 0 radical (unpaired) electrons. The molecular formula is C13H13NO2S2. The van der Waals surface area contributed by atoms with Crippen molar-refractivity contribution in [2.45, 2.75) is 9.48 Å². The maximum absolute atomic E-state index is 12.4. The number of sulfone groups is 1. The van der Waals surface area contributed by atoms with E-state index in [0.717, 1.165) is 10.8 Å². The molecule has 0 bridgehead atoms. The first-order valence-electron chi connectivity index (χ1n) is 5.73. The lowest BCUT2D eigenvalue weighted by molar-refractivity contribution is 0.592. The Labute approximate surface area is 111 Å². The van der Waals surface area contributed by atoms with E-state index in [1.54, 1.807) is 12.1 Å². The van der Waals surface area contributed by atoms with Crippen LogP contribution in [0.4, 0.5) is 0 Å². The number of hydrogen-bond acceptors (Lipinski definition) is 4. The highest BCUT2D eigenvalue weighted by Crippen LogP contribution is 2.28. The van der Waals surface area contributed by atoms with Gasteiger partial charge in [-0.05, 0) is 22.9 Å². The first kappa shape index (κ1) is 12.0. The molecule has 5 heteroatoms. The van der Waals surface area contributed by atoms with Crippen molar-refractivity contribution in [3.63, 3.8) is 0 Å². The first-order chi connectivity index (χ1) is 8.68. The van der Waals surface area contributed by atoms with Crippen molar-refractivity contribution in [3.8, 4) is 0 Å². The van der Waals surface area contributed by atoms with Gasteiger partial charge in [-0.15, -0.1) is 11.8 Å². The minimum Gasteiger partial charge on any atom is -0.306 e. The molecule has 1 heterocycles. The third kappa shape index (κ3) is 2.02. The molecule has 18 heavy (non-hydrogen) atoms. The third-order valence-electron chi connectivity index (χ3n) is 3.08. The van der Waals surface area contributed by atoms with Crippen LogP contribution in [0.5, 0.6) is 0 Å². The summed E-state index contributed by atoms with van der Waals surface area (Å²) in [5, 5.41) is 5.10. The van der Waals surface area contributed by atoms with E-state index >= 15 is 0 Å². The van der Waals surface area contributed by atoms with E-state index in [1.807, 2.05) is 30.3 Å². The zero-order chi connectivity index (χ0) is 12.6. The van der Waals surface area contributed by atoms with Gasteiger partial charge in [-0.3, -0.25) is 0 Å². The number of benzene rings is 2. The standard InChI is InChI=1S/C13H13NO2S2/c15-18(16,13-8-14-9-17-13)12-6-5-10-3-1-2-4-11(10)7-12/h1-7,13-14H,8-9H2. The van der Waals surface area contributed by atoms with Crippen LogP contribution in [0.1, 0.15) is 0 Å². The second-order valence-electron chi connectivity index (χ2n) is 4.25. The molecule has 0 spiro atoms. The van der Waals surface area contributed by atoms with E-state index in [2.05, 4.69) is 5.32 Å². The summed E-state index contributed by atoms with van der Waals surface area (Å²) in [5.41, 5.74) is 0. The van der Waals surface area contributed by atoms with Crippen LogP contribution in [0.3, 0.4) is 0 Å². The average Bonchev–Trinajstić information content (AvgIpc) is 2.92. The molecule has 1 fully saturated rings. The number of thioether (sulfide) groups is 1. The number of rotatable bonds is 2. The quantitative estimate of drug-likeness (QED) is 0.916. The van der Waals surface area contributed by atoms with Crippen LogP contribution in [-0.2, 0) is 9.84 Å². The maximum Gasteiger partial charge on any atom is 0.191 e. The molecule has 3 rings (SSSR count). The summed E-state index contributed by atoms with van der Waals surface area (Å²) >= 11 is 1.45. The predicted molar refractivity (Wildman–Crippen MR) is 75.4 cm³/mol. The molecule has 0 amide bonds. The van der Waals surface area contributed by atoms with Gasteiger partial charge < -0.3 is 5.32 Å². The van der Waals surface area contributed by atoms with Crippen molar-refractivity contribution >= 4 is 32.4 Å². The summed E-state index contributed by atoms with van der Waals surface area (Å²) in [5.74, 6) is 0.706. The number of nitrogens with one attached hydrogen (secondary N) is 1. The molecule has 3 nitrogen and oxygen atoms in total. The van der Waals surface area contributed by atoms with Gasteiger partial charge in [-0.1, -0.05) is 30.3 Å². The molecule has 0 aliphatic carbocycles. The summed E-state index contributed by atoms with van der Waals surface area (Å²) in [7, 11) is -3.23. The zero-order valence-electron chi connectivity index (χ0n) is 9.67. The Hall–Kier alpha value is -1.04. The SMILES string of the molecule is O=S(=O)(c1ccc2ccccc2c1)C1CNCS1. The molecule has 2 aromatic rings. The molecule has 94 valence electrons. The van der Waals surface area contributed by atoms with E-state index in [1.165, 1.54) is 11.8 Å². The zero-order valence-corrected chi connectivity index (χ0v) is 11.3. The highest BCUT2D eigenvalue weighted by atomic mass is 32.3. The van der Waals surface area contributed by atoms with Gasteiger partial charge in [0, 0.05) is 12.4 Å². The molecule has 1 N–H and O–H groups in total. The van der Waals surface area contributed by atoms with Crippen LogP contribution in [-0.4, -0.2) is 25.4 Å². The van der Waals surface area contributed by atoms with Gasteiger partial charge in [0.25, 0.3) is 0 Å². The van der Waals surface area contributed by atoms with Crippen LogP contribution >= 0.6 is 11.8 Å². The maximum atomic E-state index is 12.4. The molecule has 1 saturated heterocycles. The Morgan fingerprint density at radius 2 is 1.89 bits per heavy atom. The molecule has 0 aromatic heterocycles. The Balaban J connectivity index is 2.08. The summed E-state index contributed by atoms with van der Waals surface area (Å²) in [6.45, 7) is 0.528. The normalized spacial score (nSPS) is 20.3. The van der Waals surface area contributed by atoms with Gasteiger partial charge in [0.1, 0.15) is 4.58 Å². The Morgan fingerprint density at radius 1 is 1.11 bits per heavy atom. The molecule has 0 saturated carbocycles. The van der Waals surface area contributed by atoms with Crippen molar-refractivity contribution in [1.82, 2.24) is 5.32 Å². The van der Waals surface area contributed by atoms with E-state index in [0.29, 0.717) is 17.3 Å². The van der Waals surface area contributed by atoms with E-state index < -0.39 is 9.84 Å². The summed E-state index contributed by atoms with van der Waals surface area (Å²) < 4.78 is 24.5. The van der Waals surface area contributed by atoms with Crippen molar-refractivity contribution in [2.75, 3.05) is 12.4 Å². The van der Waals surface area contributed by atoms with Crippen LogP contribution in [0, 0.1) is 0 Å². The van der Waals surface area contributed by atoms with E-state index in [4.69, 9.17) is 0 Å². The lowest BCUT2D eigenvalue weighted by Gasteiger charge is -2.10. The van der Waals surface area contributed by atoms with Crippen molar-refractivity contribution < 1.29 is 8.42 Å². The van der Waals surface area contributed by atoms with Crippen molar-refractivity contribution in [3.05, 3.63) is 42.5 Å². The van der Waals surface area contributed by atoms with Gasteiger partial charge in [0.2, 0.25) is 0 Å². The van der Waals surface area contributed by atoms with Crippen molar-refractivity contribution in [1.29, 1.82) is 0 Å². The van der Waals surface area contributed by atoms with Gasteiger partial charge in [-0.2, -0.15) is 0 Å². The minimum atomic E-state index is -3.23. The molecular weight excluding hydrogens is 266 g/mol. The predicted octanol–water partition coefficient (Wildman–Crippen LogP) is 2.23. The number of fused-ring (bicyclic) bond motifs is 1. The minimum absolute atomic E-state index is 0.362. The average molecular weight is 279 g/mol. The molecule has 2 aromatic carbocycles. The van der Waals surface area contributed by atoms with Gasteiger partial charge in [-0.25, -0.2) is 8.42 Å². The smallest absolute Gasteiger partial charge is 0.191 e. The molecule has 1 atom stereocenters. The fourth-order valence-electron chi connectivity index (χ4n) is 2.08. The van der Waals surface area contributed by atoms with Gasteiger partial charge in [0.05, 0.1) is 4.90 Å². The first-order valence-corrected chi connectivity index (χ1v) is 8.32. The van der Waals surface area contributed by atoms with Gasteiger partial charge in [0.15, 0.2) is 9.84 Å². The van der Waals surface area contributed by atoms with E-state index in [9.17, 15) is 8.42 Å². The summed E-state index contributed by atoms with van der Waals surface area (Å²) in [6.07, 6.45) is 0. The third-order valence-corrected chi connectivity index (χ3v) is 6.93. The Bertz CT molecular complexity index is 676. The van der Waals surface area contributed by atoms with Gasteiger partial charge >= 0.3 is 0 Å². The highest BCUT2D eigenvalue weighted by Gasteiger charge is 2.30. The van der Waals surface area contributed by atoms with Crippen LogP contribution < -0.4 is 5.32 Å². The monoisotopic (exact) mass is 279 g/mol. The molecule has 1 unspecified atom stereocenters. The lowest BCUT2D eigenvalue weighted by Crippen LogP contribution is -2.22. The lowest BCUT2D eigenvalue weighted by atomic mass is 10.1. The summed E-state index contributed by atoms with van der Waals surface area (Å²) in [6, 6.07) is 13.1. The van der Waals surface area contributed by atoms with Crippen LogP contribution in [0.25, 0.3) is 10.8 Å². The Kier molecular flexibility index (Phi) is 3.05. The largest absolute Gasteiger partial charge is 0.306 e. The summed E-state index contributed by atoms with van der Waals surface area (Å²) in [4.78, 5) is 0.419. The second-order valence-corrected chi connectivity index (χ2v) is 7.87. The van der Waals surface area contributed by atoms with Crippen LogP contribution in [0.2, 0.25) is 0 Å². The number of hydrogen-bond donors (Lipinski definition) is 1. The Morgan fingerprint density at radius 3 is 2.61 bits per heavy atom. The molecule has 1 aliphatic heterocycles. The topological polar surface area (TPSA) is 46.2 Å². The fourth-order valence-corrected chi connectivity index (χ4v) is 5.18. The van der Waals surface area contributed by atoms with Crippen molar-refractivity contribution in [2.24, 2.45) is 0 Å².